The predicted octanol–water partition coefficient (Wildman–Crippen LogP) is 15.2. The largest absolute Gasteiger partial charge is 0.455 e. The topological polar surface area (TPSA) is 21.3 Å². The Hall–Kier alpha value is -7.62. The fraction of sp³-hybridized carbons (Fsp3) is 0. The number of furan rings is 1. The number of benzene rings is 9. The molecule has 2 aromatic heterocycles. The van der Waals surface area contributed by atoms with E-state index in [1.807, 2.05) is 12.1 Å². The first kappa shape index (κ1) is 32.8. The van der Waals surface area contributed by atoms with Gasteiger partial charge in [0.1, 0.15) is 11.2 Å². The molecule has 0 saturated heterocycles. The first-order valence-electron chi connectivity index (χ1n) is 19.4. The van der Waals surface area contributed by atoms with Crippen LogP contribution in [0, 0.1) is 0 Å². The van der Waals surface area contributed by atoms with Crippen LogP contribution >= 0.6 is 0 Å². The molecule has 268 valence electrons. The van der Waals surface area contributed by atoms with E-state index >= 15 is 0 Å². The van der Waals surface area contributed by atoms with Crippen molar-refractivity contribution < 1.29 is 4.42 Å². The number of fused-ring (bicyclic) bond motifs is 6. The van der Waals surface area contributed by atoms with Crippen molar-refractivity contribution in [2.45, 2.75) is 0 Å². The molecule has 2 heterocycles. The molecule has 0 bridgehead atoms. The SMILES string of the molecule is c1ccc(-c2ccc(N(c3ccccc3)c3cccc4c3c3ccccc3n4-c3ccc(-c4cccc5c4oc4ccccc45)cc3-c3ccccc3)cc2)cc1. The van der Waals surface area contributed by atoms with Gasteiger partial charge in [0.2, 0.25) is 0 Å². The van der Waals surface area contributed by atoms with E-state index in [9.17, 15) is 0 Å². The van der Waals surface area contributed by atoms with Crippen LogP contribution < -0.4 is 4.90 Å². The van der Waals surface area contributed by atoms with Crippen LogP contribution in [0.1, 0.15) is 0 Å². The molecular weight excluding hydrogens is 693 g/mol. The first-order chi connectivity index (χ1) is 28.3. The Labute approximate surface area is 330 Å². The van der Waals surface area contributed by atoms with Crippen molar-refractivity contribution in [3.8, 4) is 39.1 Å². The minimum absolute atomic E-state index is 0.901. The summed E-state index contributed by atoms with van der Waals surface area (Å²) in [5, 5.41) is 4.65. The third-order valence-corrected chi connectivity index (χ3v) is 11.2. The minimum Gasteiger partial charge on any atom is -0.455 e. The molecule has 0 aliphatic rings. The van der Waals surface area contributed by atoms with Crippen LogP contribution in [0.3, 0.4) is 0 Å². The van der Waals surface area contributed by atoms with Crippen LogP contribution in [0.4, 0.5) is 17.1 Å². The van der Waals surface area contributed by atoms with Crippen molar-refractivity contribution in [1.29, 1.82) is 0 Å². The maximum atomic E-state index is 6.53. The van der Waals surface area contributed by atoms with Gasteiger partial charge >= 0.3 is 0 Å². The van der Waals surface area contributed by atoms with Crippen LogP contribution in [0.5, 0.6) is 0 Å². The third-order valence-electron chi connectivity index (χ3n) is 11.2. The Bertz CT molecular complexity index is 3220. The first-order valence-corrected chi connectivity index (χ1v) is 19.4. The molecular formula is C54H36N2O. The van der Waals surface area contributed by atoms with Crippen LogP contribution in [0.15, 0.2) is 223 Å². The van der Waals surface area contributed by atoms with Crippen LogP contribution in [0.25, 0.3) is 82.8 Å². The maximum Gasteiger partial charge on any atom is 0.143 e. The molecule has 0 spiro atoms. The van der Waals surface area contributed by atoms with E-state index in [1.165, 1.54) is 21.9 Å². The van der Waals surface area contributed by atoms with E-state index in [0.717, 1.165) is 78.0 Å². The molecule has 3 heteroatoms. The third kappa shape index (κ3) is 5.51. The van der Waals surface area contributed by atoms with Gasteiger partial charge < -0.3 is 13.9 Å². The fourth-order valence-electron chi connectivity index (χ4n) is 8.61. The quantitative estimate of drug-likeness (QED) is 0.163. The number of hydrogen-bond acceptors (Lipinski definition) is 2. The Morgan fingerprint density at radius 2 is 0.947 bits per heavy atom. The van der Waals surface area contributed by atoms with Gasteiger partial charge in [-0.05, 0) is 82.9 Å². The van der Waals surface area contributed by atoms with Crippen LogP contribution in [0.2, 0.25) is 0 Å². The number of anilines is 3. The highest BCUT2D eigenvalue weighted by atomic mass is 16.3. The highest BCUT2D eigenvalue weighted by Crippen LogP contribution is 2.46. The predicted molar refractivity (Wildman–Crippen MR) is 239 cm³/mol. The molecule has 0 N–H and O–H groups in total. The summed E-state index contributed by atoms with van der Waals surface area (Å²) in [7, 11) is 0. The van der Waals surface area contributed by atoms with Crippen LogP contribution in [-0.4, -0.2) is 4.57 Å². The Morgan fingerprint density at radius 3 is 1.74 bits per heavy atom. The van der Waals surface area contributed by atoms with Gasteiger partial charge in [-0.1, -0.05) is 158 Å². The van der Waals surface area contributed by atoms with Crippen molar-refractivity contribution in [2.75, 3.05) is 4.90 Å². The summed E-state index contributed by atoms with van der Waals surface area (Å²) in [6.45, 7) is 0. The molecule has 0 fully saturated rings. The zero-order valence-corrected chi connectivity index (χ0v) is 31.1. The van der Waals surface area contributed by atoms with E-state index in [4.69, 9.17) is 4.42 Å². The monoisotopic (exact) mass is 728 g/mol. The fourth-order valence-corrected chi connectivity index (χ4v) is 8.61. The number of rotatable bonds is 7. The van der Waals surface area contributed by atoms with Gasteiger partial charge in [-0.25, -0.2) is 0 Å². The van der Waals surface area contributed by atoms with Crippen LogP contribution in [-0.2, 0) is 0 Å². The van der Waals surface area contributed by atoms with Crippen molar-refractivity contribution >= 4 is 60.8 Å². The molecule has 0 saturated carbocycles. The van der Waals surface area contributed by atoms with E-state index in [0.29, 0.717) is 0 Å². The summed E-state index contributed by atoms with van der Waals surface area (Å²) >= 11 is 0. The van der Waals surface area contributed by atoms with E-state index in [-0.39, 0.29) is 0 Å². The molecule has 9 aromatic carbocycles. The second-order valence-electron chi connectivity index (χ2n) is 14.5. The smallest absolute Gasteiger partial charge is 0.143 e. The Morgan fingerprint density at radius 1 is 0.368 bits per heavy atom. The molecule has 11 rings (SSSR count). The van der Waals surface area contributed by atoms with Gasteiger partial charge in [0.15, 0.2) is 0 Å². The number of nitrogens with zero attached hydrogens (tertiary/aromatic N) is 2. The summed E-state index contributed by atoms with van der Waals surface area (Å²) in [5.74, 6) is 0. The lowest BCUT2D eigenvalue weighted by Crippen LogP contribution is -2.10. The van der Waals surface area contributed by atoms with Crippen molar-refractivity contribution in [2.24, 2.45) is 0 Å². The molecule has 0 atom stereocenters. The minimum atomic E-state index is 0.901. The zero-order valence-electron chi connectivity index (χ0n) is 31.1. The van der Waals surface area contributed by atoms with Gasteiger partial charge in [0, 0.05) is 44.0 Å². The summed E-state index contributed by atoms with van der Waals surface area (Å²) in [4.78, 5) is 2.39. The standard InChI is InChI=1S/C54H36N2O/c1-4-16-37(17-5-1)38-30-33-42(34-31-38)55(41-20-8-3-9-21-41)50-27-15-28-51-53(50)46-23-10-12-26-48(46)56(51)49-35-32-40(36-47(49)39-18-6-2-7-19-39)43-24-14-25-45-44-22-11-13-29-52(44)57-54(43)45/h1-36H. The van der Waals surface area contributed by atoms with E-state index in [2.05, 4.69) is 216 Å². The highest BCUT2D eigenvalue weighted by molar-refractivity contribution is 6.17. The molecule has 0 unspecified atom stereocenters. The average molecular weight is 729 g/mol. The summed E-state index contributed by atoms with van der Waals surface area (Å²) in [6.07, 6.45) is 0. The van der Waals surface area contributed by atoms with Crippen molar-refractivity contribution in [1.82, 2.24) is 4.57 Å². The molecule has 11 aromatic rings. The summed E-state index contributed by atoms with van der Waals surface area (Å²) in [5.41, 5.74) is 15.4. The number of hydrogen-bond donors (Lipinski definition) is 0. The summed E-state index contributed by atoms with van der Waals surface area (Å²) < 4.78 is 8.98. The number of para-hydroxylation sites is 4. The normalized spacial score (nSPS) is 11.5. The van der Waals surface area contributed by atoms with Gasteiger partial charge in [0.05, 0.1) is 22.4 Å². The van der Waals surface area contributed by atoms with Gasteiger partial charge in [0.25, 0.3) is 0 Å². The second-order valence-corrected chi connectivity index (χ2v) is 14.5. The molecule has 57 heavy (non-hydrogen) atoms. The average Bonchev–Trinajstić information content (AvgIpc) is 3.84. The molecule has 0 aliphatic carbocycles. The zero-order chi connectivity index (χ0) is 37.7. The lowest BCUT2D eigenvalue weighted by Gasteiger charge is -2.26. The maximum absolute atomic E-state index is 6.53. The molecule has 3 nitrogen and oxygen atoms in total. The van der Waals surface area contributed by atoms with Gasteiger partial charge in [-0.2, -0.15) is 0 Å². The molecule has 0 radical (unpaired) electrons. The lowest BCUT2D eigenvalue weighted by atomic mass is 9.96. The van der Waals surface area contributed by atoms with Crippen molar-refractivity contribution in [3.05, 3.63) is 218 Å². The highest BCUT2D eigenvalue weighted by Gasteiger charge is 2.23. The number of aromatic nitrogens is 1. The molecule has 0 amide bonds. The van der Waals surface area contributed by atoms with Crippen molar-refractivity contribution in [3.63, 3.8) is 0 Å². The molecule has 0 aliphatic heterocycles. The Balaban J connectivity index is 1.14. The van der Waals surface area contributed by atoms with Gasteiger partial charge in [-0.15, -0.1) is 0 Å². The van der Waals surface area contributed by atoms with E-state index < -0.39 is 0 Å². The van der Waals surface area contributed by atoms with Gasteiger partial charge in [-0.3, -0.25) is 0 Å². The van der Waals surface area contributed by atoms with E-state index in [1.54, 1.807) is 0 Å². The summed E-state index contributed by atoms with van der Waals surface area (Å²) in [6, 6.07) is 78.1. The lowest BCUT2D eigenvalue weighted by molar-refractivity contribution is 0.670. The second kappa shape index (κ2) is 13.6. The Kier molecular flexibility index (Phi) is 7.82.